The van der Waals surface area contributed by atoms with E-state index in [9.17, 15) is 18.0 Å². The molecule has 2 heterocycles. The van der Waals surface area contributed by atoms with Gasteiger partial charge in [-0.15, -0.1) is 0 Å². The third-order valence-electron chi connectivity index (χ3n) is 1.69. The predicted octanol–water partition coefficient (Wildman–Crippen LogP) is 0.560. The molecule has 0 aliphatic rings. The van der Waals surface area contributed by atoms with Gasteiger partial charge in [-0.05, 0) is 5.92 Å². The summed E-state index contributed by atoms with van der Waals surface area (Å²) in [7, 11) is 0. The summed E-state index contributed by atoms with van der Waals surface area (Å²) in [4.78, 5) is 17.2. The Labute approximate surface area is 85.7 Å². The highest BCUT2D eigenvalue weighted by Crippen LogP contribution is 2.13. The minimum absolute atomic E-state index is 0.0234. The number of aromatic nitrogens is 4. The number of aromatic amines is 2. The summed E-state index contributed by atoms with van der Waals surface area (Å²) in [6.45, 7) is 0. The van der Waals surface area contributed by atoms with Crippen molar-refractivity contribution in [2.75, 3.05) is 0 Å². The van der Waals surface area contributed by atoms with Crippen LogP contribution in [0.25, 0.3) is 11.0 Å². The molecule has 2 aromatic heterocycles. The Kier molecular flexibility index (Phi) is 2.16. The average Bonchev–Trinajstić information content (AvgIpc) is 2.58. The number of hydrogen-bond acceptors (Lipinski definition) is 3. The van der Waals surface area contributed by atoms with Gasteiger partial charge < -0.3 is 4.98 Å². The van der Waals surface area contributed by atoms with Gasteiger partial charge in [0.2, 0.25) is 0 Å². The van der Waals surface area contributed by atoms with Crippen LogP contribution >= 0.6 is 0 Å². The van der Waals surface area contributed by atoms with Crippen molar-refractivity contribution in [1.82, 2.24) is 20.2 Å². The van der Waals surface area contributed by atoms with Crippen molar-refractivity contribution >= 4 is 11.0 Å². The molecule has 0 aliphatic heterocycles. The minimum Gasteiger partial charge on any atom is -0.312 e. The number of hydrogen-bond donors (Lipinski definition) is 2. The molecule has 82 valence electrons. The van der Waals surface area contributed by atoms with Crippen molar-refractivity contribution in [3.05, 3.63) is 22.4 Å². The lowest BCUT2D eigenvalue weighted by molar-refractivity contribution is -0.0696. The zero-order valence-electron chi connectivity index (χ0n) is 7.51. The maximum absolute atomic E-state index is 11.8. The van der Waals surface area contributed by atoms with Gasteiger partial charge in [0, 0.05) is 5.92 Å². The van der Waals surface area contributed by atoms with E-state index in [4.69, 9.17) is 0 Å². The summed E-state index contributed by atoms with van der Waals surface area (Å²) in [6, 6.07) is 0. The molecule has 0 atom stereocenters. The summed E-state index contributed by atoms with van der Waals surface area (Å²) in [5, 5.41) is 5.69. The monoisotopic (exact) mass is 228 g/mol. The molecule has 0 radical (unpaired) electrons. The Hall–Kier alpha value is -2.30. The largest absolute Gasteiger partial charge is 0.458 e. The standard InChI is InChI=1S/C8H3F3N4O/c9-8(10,11)2-1-4-5-6(15-14-4)12-3-13-7(5)16/h3H,(H2,12,13,14,15,16). The van der Waals surface area contributed by atoms with Crippen LogP contribution in [0, 0.1) is 11.8 Å². The first-order valence-electron chi connectivity index (χ1n) is 3.99. The fraction of sp³-hybridized carbons (Fsp3) is 0.125. The molecular weight excluding hydrogens is 225 g/mol. The third kappa shape index (κ3) is 1.88. The molecule has 0 amide bonds. The van der Waals surface area contributed by atoms with Crippen LogP contribution in [-0.2, 0) is 0 Å². The van der Waals surface area contributed by atoms with E-state index >= 15 is 0 Å². The van der Waals surface area contributed by atoms with Crippen molar-refractivity contribution in [3.63, 3.8) is 0 Å². The van der Waals surface area contributed by atoms with Crippen LogP contribution in [0.15, 0.2) is 11.1 Å². The second kappa shape index (κ2) is 3.37. The summed E-state index contributed by atoms with van der Waals surface area (Å²) < 4.78 is 35.5. The molecule has 5 nitrogen and oxygen atoms in total. The second-order valence-corrected chi connectivity index (χ2v) is 2.78. The maximum Gasteiger partial charge on any atom is 0.458 e. The van der Waals surface area contributed by atoms with Crippen molar-refractivity contribution in [2.45, 2.75) is 6.18 Å². The number of halogens is 3. The zero-order valence-corrected chi connectivity index (χ0v) is 7.51. The Morgan fingerprint density at radius 3 is 2.81 bits per heavy atom. The van der Waals surface area contributed by atoms with Crippen LogP contribution in [0.3, 0.4) is 0 Å². The molecule has 0 aromatic carbocycles. The van der Waals surface area contributed by atoms with Crippen LogP contribution in [0.4, 0.5) is 13.2 Å². The van der Waals surface area contributed by atoms with E-state index in [2.05, 4.69) is 20.2 Å². The molecule has 2 rings (SSSR count). The number of nitrogens with zero attached hydrogens (tertiary/aromatic N) is 2. The number of H-pyrrole nitrogens is 2. The van der Waals surface area contributed by atoms with Crippen LogP contribution in [0.2, 0.25) is 0 Å². The lowest BCUT2D eigenvalue weighted by atomic mass is 10.3. The maximum atomic E-state index is 11.8. The van der Waals surface area contributed by atoms with E-state index in [-0.39, 0.29) is 16.7 Å². The smallest absolute Gasteiger partial charge is 0.312 e. The first-order chi connectivity index (χ1) is 7.47. The summed E-state index contributed by atoms with van der Waals surface area (Å²) in [5.74, 6) is 2.84. The molecule has 2 aromatic rings. The molecule has 0 unspecified atom stereocenters. The van der Waals surface area contributed by atoms with Crippen LogP contribution in [0.1, 0.15) is 5.69 Å². The molecule has 0 aliphatic carbocycles. The first-order valence-corrected chi connectivity index (χ1v) is 3.99. The number of alkyl halides is 3. The summed E-state index contributed by atoms with van der Waals surface area (Å²) in [6.07, 6.45) is -3.52. The van der Waals surface area contributed by atoms with Gasteiger partial charge in [-0.1, -0.05) is 0 Å². The van der Waals surface area contributed by atoms with Gasteiger partial charge in [0.05, 0.1) is 6.33 Å². The Morgan fingerprint density at radius 2 is 2.12 bits per heavy atom. The zero-order chi connectivity index (χ0) is 11.8. The van der Waals surface area contributed by atoms with E-state index in [0.717, 1.165) is 12.2 Å². The highest BCUT2D eigenvalue weighted by molar-refractivity contribution is 5.79. The predicted molar refractivity (Wildman–Crippen MR) is 47.4 cm³/mol. The van der Waals surface area contributed by atoms with Crippen molar-refractivity contribution < 1.29 is 13.2 Å². The normalized spacial score (nSPS) is 11.2. The summed E-state index contributed by atoms with van der Waals surface area (Å²) >= 11 is 0. The lowest BCUT2D eigenvalue weighted by Crippen LogP contribution is -2.06. The van der Waals surface area contributed by atoms with Gasteiger partial charge in [0.1, 0.15) is 11.1 Å². The first kappa shape index (κ1) is 10.2. The van der Waals surface area contributed by atoms with Crippen molar-refractivity contribution in [2.24, 2.45) is 0 Å². The van der Waals surface area contributed by atoms with Crippen LogP contribution < -0.4 is 5.56 Å². The average molecular weight is 228 g/mol. The summed E-state index contributed by atoms with van der Waals surface area (Å²) in [5.41, 5.74) is -0.776. The minimum atomic E-state index is -4.62. The molecule has 0 saturated heterocycles. The number of fused-ring (bicyclic) bond motifs is 1. The quantitative estimate of drug-likeness (QED) is 0.647. The molecule has 16 heavy (non-hydrogen) atoms. The molecule has 0 fully saturated rings. The molecule has 0 saturated carbocycles. The van der Waals surface area contributed by atoms with E-state index in [1.54, 1.807) is 5.92 Å². The Balaban J connectivity index is 2.62. The Bertz CT molecular complexity index is 643. The Morgan fingerprint density at radius 1 is 1.38 bits per heavy atom. The van der Waals surface area contributed by atoms with Gasteiger partial charge in [-0.25, -0.2) is 4.98 Å². The molecule has 0 bridgehead atoms. The SMILES string of the molecule is O=c1[nH]cnc2n[nH]c(C#CC(F)(F)F)c12. The van der Waals surface area contributed by atoms with E-state index in [1.807, 2.05) is 0 Å². The van der Waals surface area contributed by atoms with Gasteiger partial charge in [0.15, 0.2) is 5.65 Å². The molecule has 8 heteroatoms. The molecule has 0 spiro atoms. The number of nitrogens with one attached hydrogen (secondary N) is 2. The highest BCUT2D eigenvalue weighted by atomic mass is 19.4. The van der Waals surface area contributed by atoms with Gasteiger partial charge in [-0.2, -0.15) is 18.3 Å². The van der Waals surface area contributed by atoms with Crippen molar-refractivity contribution in [3.8, 4) is 11.8 Å². The van der Waals surface area contributed by atoms with Gasteiger partial charge in [-0.3, -0.25) is 9.89 Å². The fourth-order valence-corrected chi connectivity index (χ4v) is 1.09. The van der Waals surface area contributed by atoms with E-state index in [0.29, 0.717) is 0 Å². The van der Waals surface area contributed by atoms with E-state index in [1.165, 1.54) is 0 Å². The number of rotatable bonds is 0. The molecular formula is C8H3F3N4O. The van der Waals surface area contributed by atoms with Crippen molar-refractivity contribution in [1.29, 1.82) is 0 Å². The van der Waals surface area contributed by atoms with Gasteiger partial charge >= 0.3 is 6.18 Å². The van der Waals surface area contributed by atoms with E-state index < -0.39 is 11.7 Å². The van der Waals surface area contributed by atoms with Crippen LogP contribution in [0.5, 0.6) is 0 Å². The highest BCUT2D eigenvalue weighted by Gasteiger charge is 2.23. The second-order valence-electron chi connectivity index (χ2n) is 2.78. The fourth-order valence-electron chi connectivity index (χ4n) is 1.09. The lowest BCUT2D eigenvalue weighted by Gasteiger charge is -1.91. The third-order valence-corrected chi connectivity index (χ3v) is 1.69. The topological polar surface area (TPSA) is 74.4 Å². The van der Waals surface area contributed by atoms with Gasteiger partial charge in [0.25, 0.3) is 5.56 Å². The van der Waals surface area contributed by atoms with Crippen LogP contribution in [-0.4, -0.2) is 26.3 Å². The molecule has 2 N–H and O–H groups in total.